The van der Waals surface area contributed by atoms with E-state index in [1.807, 2.05) is 0 Å². The molecule has 2 aliphatic heterocycles. The van der Waals surface area contributed by atoms with Crippen molar-refractivity contribution in [2.75, 3.05) is 0 Å². The Hall–Kier alpha value is 0.0649. The second kappa shape index (κ2) is 4.04. The Labute approximate surface area is 120 Å². The third kappa shape index (κ3) is 1.54. The molecule has 0 aromatic rings. The molecule has 5 aliphatic rings. The summed E-state index contributed by atoms with van der Waals surface area (Å²) in [7, 11) is 2.74. The van der Waals surface area contributed by atoms with Crippen LogP contribution in [0.15, 0.2) is 0 Å². The van der Waals surface area contributed by atoms with E-state index in [4.69, 9.17) is 0 Å². The first-order valence-corrected chi connectivity index (χ1v) is 8.89. The lowest BCUT2D eigenvalue weighted by Gasteiger charge is -2.73. The maximum atomic E-state index is 2.74. The van der Waals surface area contributed by atoms with Gasteiger partial charge < -0.3 is 0 Å². The van der Waals surface area contributed by atoms with Gasteiger partial charge in [0, 0.05) is 0 Å². The summed E-state index contributed by atoms with van der Waals surface area (Å²) < 4.78 is 0. The van der Waals surface area contributed by atoms with Gasteiger partial charge in [0.05, 0.1) is 0 Å². The van der Waals surface area contributed by atoms with Crippen molar-refractivity contribution >= 4 is 7.28 Å². The minimum absolute atomic E-state index is 0.640. The number of hydrogen-bond donors (Lipinski definition) is 0. The molecule has 0 spiro atoms. The van der Waals surface area contributed by atoms with Crippen molar-refractivity contribution in [3.05, 3.63) is 0 Å². The largest absolute Gasteiger partial charge is 0.117 e. The lowest BCUT2D eigenvalue weighted by atomic mass is 9.29. The van der Waals surface area contributed by atoms with Crippen molar-refractivity contribution < 1.29 is 0 Å². The highest BCUT2D eigenvalue weighted by atomic mass is 14.7. The average molecular weight is 257 g/mol. The van der Waals surface area contributed by atoms with Crippen LogP contribution in [0.4, 0.5) is 0 Å². The Morgan fingerprint density at radius 1 is 0.895 bits per heavy atom. The Morgan fingerprint density at radius 2 is 1.58 bits per heavy atom. The van der Waals surface area contributed by atoms with Crippen LogP contribution >= 0.6 is 0 Å². The maximum Gasteiger partial charge on any atom is 0.117 e. The normalized spacial score (nSPS) is 55.0. The first kappa shape index (κ1) is 12.8. The fraction of sp³-hybridized carbons (Fsp3) is 1.00. The Bertz CT molecular complexity index is 362. The molecule has 19 heavy (non-hydrogen) atoms. The molecule has 0 aromatic carbocycles. The van der Waals surface area contributed by atoms with Crippen LogP contribution in [-0.4, -0.2) is 7.28 Å². The van der Waals surface area contributed by atoms with Gasteiger partial charge in [-0.05, 0) is 47.8 Å². The van der Waals surface area contributed by atoms with E-state index >= 15 is 0 Å². The molecule has 3 saturated carbocycles. The molecule has 0 amide bonds. The molecular weight excluding hydrogens is 227 g/mol. The van der Waals surface area contributed by atoms with Gasteiger partial charge in [0.2, 0.25) is 0 Å². The van der Waals surface area contributed by atoms with Gasteiger partial charge in [-0.2, -0.15) is 0 Å². The number of hydrogen-bond acceptors (Lipinski definition) is 0. The van der Waals surface area contributed by atoms with Gasteiger partial charge in [-0.3, -0.25) is 0 Å². The molecule has 1 radical (unpaired) electrons. The van der Waals surface area contributed by atoms with E-state index in [0.717, 1.165) is 34.8 Å². The lowest BCUT2D eigenvalue weighted by molar-refractivity contribution is -0.231. The predicted molar refractivity (Wildman–Crippen MR) is 82.5 cm³/mol. The van der Waals surface area contributed by atoms with Crippen LogP contribution in [0.25, 0.3) is 0 Å². The van der Waals surface area contributed by atoms with Crippen LogP contribution in [0.2, 0.25) is 11.6 Å². The molecule has 105 valence electrons. The molecule has 0 N–H and O–H groups in total. The fourth-order valence-corrected chi connectivity index (χ4v) is 7.14. The zero-order chi connectivity index (χ0) is 13.3. The lowest BCUT2D eigenvalue weighted by Crippen LogP contribution is -2.65. The van der Waals surface area contributed by atoms with Gasteiger partial charge in [-0.1, -0.05) is 64.5 Å². The molecule has 2 saturated heterocycles. The molecule has 0 nitrogen and oxygen atoms in total. The van der Waals surface area contributed by atoms with Gasteiger partial charge in [0.1, 0.15) is 7.28 Å². The fourth-order valence-electron chi connectivity index (χ4n) is 7.14. The summed E-state index contributed by atoms with van der Waals surface area (Å²) in [5, 5.41) is 0. The maximum absolute atomic E-state index is 2.74. The first-order chi connectivity index (χ1) is 9.04. The van der Waals surface area contributed by atoms with E-state index in [9.17, 15) is 0 Å². The van der Waals surface area contributed by atoms with E-state index in [0.29, 0.717) is 5.41 Å². The summed E-state index contributed by atoms with van der Waals surface area (Å²) in [6.07, 6.45) is 12.2. The second-order valence-corrected chi connectivity index (χ2v) is 8.95. The number of fused-ring (bicyclic) bond motifs is 4. The highest BCUT2D eigenvalue weighted by Crippen LogP contribution is 2.75. The summed E-state index contributed by atoms with van der Waals surface area (Å²) in [4.78, 5) is 0. The topological polar surface area (TPSA) is 0 Å². The third-order valence-electron chi connectivity index (χ3n) is 8.23. The zero-order valence-corrected chi connectivity index (χ0v) is 13.1. The Balaban J connectivity index is 1.63. The molecule has 1 heteroatoms. The van der Waals surface area contributed by atoms with Crippen LogP contribution < -0.4 is 0 Å². The quantitative estimate of drug-likeness (QED) is 0.557. The van der Waals surface area contributed by atoms with Crippen LogP contribution in [0.5, 0.6) is 0 Å². The van der Waals surface area contributed by atoms with Crippen molar-refractivity contribution in [1.29, 1.82) is 0 Å². The van der Waals surface area contributed by atoms with Crippen LogP contribution in [0, 0.1) is 28.6 Å². The molecular formula is C18H30B. The summed E-state index contributed by atoms with van der Waals surface area (Å²) in [5.41, 5.74) is 1.36. The first-order valence-electron chi connectivity index (χ1n) is 8.89. The minimum Gasteiger partial charge on any atom is -0.0683 e. The Kier molecular flexibility index (Phi) is 2.72. The molecule has 0 aromatic heterocycles. The Morgan fingerprint density at radius 3 is 2.16 bits per heavy atom. The van der Waals surface area contributed by atoms with Gasteiger partial charge in [-0.15, -0.1) is 0 Å². The second-order valence-electron chi connectivity index (χ2n) is 8.95. The molecule has 3 aliphatic carbocycles. The summed E-state index contributed by atoms with van der Waals surface area (Å²) in [6.45, 7) is 7.82. The van der Waals surface area contributed by atoms with E-state index in [1.54, 1.807) is 6.42 Å². The molecule has 5 rings (SSSR count). The molecule has 5 fully saturated rings. The molecule has 6 atom stereocenters. The van der Waals surface area contributed by atoms with Gasteiger partial charge >= 0.3 is 0 Å². The highest BCUT2D eigenvalue weighted by molar-refractivity contribution is 6.40. The van der Waals surface area contributed by atoms with Crippen molar-refractivity contribution in [2.45, 2.75) is 83.8 Å². The van der Waals surface area contributed by atoms with Gasteiger partial charge in [0.15, 0.2) is 0 Å². The minimum atomic E-state index is 0.640. The third-order valence-corrected chi connectivity index (χ3v) is 8.23. The van der Waals surface area contributed by atoms with E-state index < -0.39 is 0 Å². The van der Waals surface area contributed by atoms with Crippen molar-refractivity contribution in [2.24, 2.45) is 28.6 Å². The zero-order valence-electron chi connectivity index (χ0n) is 13.1. The highest BCUT2D eigenvalue weighted by Gasteiger charge is 2.67. The van der Waals surface area contributed by atoms with Crippen molar-refractivity contribution in [3.8, 4) is 0 Å². The summed E-state index contributed by atoms with van der Waals surface area (Å²) in [6, 6.07) is 0. The van der Waals surface area contributed by atoms with E-state index in [1.165, 1.54) is 44.9 Å². The van der Waals surface area contributed by atoms with Crippen molar-refractivity contribution in [1.82, 2.24) is 0 Å². The van der Waals surface area contributed by atoms with Gasteiger partial charge in [-0.25, -0.2) is 0 Å². The van der Waals surface area contributed by atoms with E-state index in [-0.39, 0.29) is 0 Å². The standard InChI is InChI=1S/C18H30B/c1-12-7-8-13-11-18(12,17(13,2)3)14-9-15-5-4-6-16(10-14)19-15/h12-16H,4-11H2,1-3H3/t12?,13?,14?,15-,16?,18?/m0/s1. The molecule has 5 unspecified atom stereocenters. The average Bonchev–Trinajstić information content (AvgIpc) is 2.37. The van der Waals surface area contributed by atoms with Crippen LogP contribution in [-0.2, 0) is 0 Å². The van der Waals surface area contributed by atoms with Gasteiger partial charge in [0.25, 0.3) is 0 Å². The molecule has 2 heterocycles. The smallest absolute Gasteiger partial charge is 0.0683 e. The number of rotatable bonds is 1. The predicted octanol–water partition coefficient (Wildman–Crippen LogP) is 5.32. The SMILES string of the molecule is CC1CCC2CC1(C1CC3[B][C@@H](CCC3)C1)C2(C)C. The van der Waals surface area contributed by atoms with Crippen LogP contribution in [0.3, 0.4) is 0 Å². The summed E-state index contributed by atoms with van der Waals surface area (Å²) in [5.74, 6) is 5.05. The van der Waals surface area contributed by atoms with E-state index in [2.05, 4.69) is 28.1 Å². The molecule has 4 bridgehead atoms. The summed E-state index contributed by atoms with van der Waals surface area (Å²) >= 11 is 0. The monoisotopic (exact) mass is 257 g/mol. The van der Waals surface area contributed by atoms with Crippen LogP contribution in [0.1, 0.15) is 72.1 Å². The van der Waals surface area contributed by atoms with Crippen molar-refractivity contribution in [3.63, 3.8) is 0 Å².